The van der Waals surface area contributed by atoms with E-state index in [-0.39, 0.29) is 6.03 Å². The van der Waals surface area contributed by atoms with Gasteiger partial charge in [0.05, 0.1) is 5.69 Å². The van der Waals surface area contributed by atoms with Crippen LogP contribution in [0.5, 0.6) is 0 Å². The SMILES string of the molecule is Cc1csc(N2CCCN(C(=O)Nc3cccc(N4CCCCC4)c3)CC2)n1. The second-order valence-corrected chi connectivity index (χ2v) is 8.46. The lowest BCUT2D eigenvalue weighted by molar-refractivity contribution is 0.215. The van der Waals surface area contributed by atoms with Gasteiger partial charge in [-0.05, 0) is 50.8 Å². The van der Waals surface area contributed by atoms with E-state index < -0.39 is 0 Å². The Morgan fingerprint density at radius 1 is 1.00 bits per heavy atom. The van der Waals surface area contributed by atoms with Crippen LogP contribution < -0.4 is 15.1 Å². The minimum absolute atomic E-state index is 0.00652. The van der Waals surface area contributed by atoms with Crippen molar-refractivity contribution in [1.29, 1.82) is 0 Å². The van der Waals surface area contributed by atoms with Crippen molar-refractivity contribution in [3.8, 4) is 0 Å². The van der Waals surface area contributed by atoms with E-state index >= 15 is 0 Å². The van der Waals surface area contributed by atoms with Crippen LogP contribution in [0.4, 0.5) is 21.3 Å². The first-order valence-corrected chi connectivity index (χ1v) is 11.1. The molecule has 7 heteroatoms. The second kappa shape index (κ2) is 8.82. The van der Waals surface area contributed by atoms with E-state index in [1.165, 1.54) is 24.9 Å². The predicted molar refractivity (Wildman–Crippen MR) is 117 cm³/mol. The van der Waals surface area contributed by atoms with Crippen LogP contribution in [0, 0.1) is 6.92 Å². The quantitative estimate of drug-likeness (QED) is 0.841. The van der Waals surface area contributed by atoms with Gasteiger partial charge in [0.25, 0.3) is 0 Å². The van der Waals surface area contributed by atoms with Gasteiger partial charge in [-0.2, -0.15) is 0 Å². The van der Waals surface area contributed by atoms with Gasteiger partial charge in [0, 0.05) is 56.0 Å². The van der Waals surface area contributed by atoms with Crippen molar-refractivity contribution < 1.29 is 4.79 Å². The van der Waals surface area contributed by atoms with E-state index in [1.807, 2.05) is 24.0 Å². The minimum Gasteiger partial charge on any atom is -0.371 e. The third-order valence-corrected chi connectivity index (χ3v) is 6.50. The predicted octanol–water partition coefficient (Wildman–Crippen LogP) is 4.19. The number of rotatable bonds is 3. The van der Waals surface area contributed by atoms with Gasteiger partial charge in [0.2, 0.25) is 0 Å². The average molecular weight is 400 g/mol. The Bertz CT molecular complexity index is 802. The summed E-state index contributed by atoms with van der Waals surface area (Å²) in [4.78, 5) is 24.0. The van der Waals surface area contributed by atoms with Crippen LogP contribution >= 0.6 is 11.3 Å². The maximum Gasteiger partial charge on any atom is 0.321 e. The molecule has 0 spiro atoms. The number of thiazole rings is 1. The molecule has 0 aliphatic carbocycles. The summed E-state index contributed by atoms with van der Waals surface area (Å²) in [5, 5.41) is 6.25. The Morgan fingerprint density at radius 2 is 1.82 bits per heavy atom. The van der Waals surface area contributed by atoms with Crippen molar-refractivity contribution in [2.45, 2.75) is 32.6 Å². The summed E-state index contributed by atoms with van der Waals surface area (Å²) in [5.74, 6) is 0. The van der Waals surface area contributed by atoms with Gasteiger partial charge in [0.1, 0.15) is 0 Å². The second-order valence-electron chi connectivity index (χ2n) is 7.63. The lowest BCUT2D eigenvalue weighted by Gasteiger charge is -2.29. The Morgan fingerprint density at radius 3 is 2.61 bits per heavy atom. The van der Waals surface area contributed by atoms with Crippen molar-refractivity contribution in [2.75, 3.05) is 54.4 Å². The van der Waals surface area contributed by atoms with Crippen LogP contribution in [0.15, 0.2) is 29.6 Å². The summed E-state index contributed by atoms with van der Waals surface area (Å²) in [6.45, 7) is 7.50. The highest BCUT2D eigenvalue weighted by atomic mass is 32.1. The molecule has 6 nitrogen and oxygen atoms in total. The number of amides is 2. The van der Waals surface area contributed by atoms with Crippen LogP contribution in [-0.2, 0) is 0 Å². The molecule has 2 amide bonds. The molecule has 2 aliphatic heterocycles. The lowest BCUT2D eigenvalue weighted by atomic mass is 10.1. The zero-order valence-corrected chi connectivity index (χ0v) is 17.4. The van der Waals surface area contributed by atoms with Gasteiger partial charge in [-0.1, -0.05) is 6.07 Å². The van der Waals surface area contributed by atoms with Crippen LogP contribution in [-0.4, -0.2) is 55.2 Å². The van der Waals surface area contributed by atoms with Crippen molar-refractivity contribution >= 4 is 33.9 Å². The largest absolute Gasteiger partial charge is 0.371 e. The Hall–Kier alpha value is -2.28. The van der Waals surface area contributed by atoms with E-state index in [0.717, 1.165) is 62.2 Å². The van der Waals surface area contributed by atoms with E-state index in [9.17, 15) is 4.79 Å². The molecule has 2 aliphatic rings. The van der Waals surface area contributed by atoms with Crippen LogP contribution in [0.1, 0.15) is 31.4 Å². The van der Waals surface area contributed by atoms with Crippen LogP contribution in [0.25, 0.3) is 0 Å². The van der Waals surface area contributed by atoms with Gasteiger partial charge in [-0.25, -0.2) is 9.78 Å². The molecule has 2 fully saturated rings. The number of benzene rings is 1. The summed E-state index contributed by atoms with van der Waals surface area (Å²) >= 11 is 1.68. The molecule has 4 rings (SSSR count). The molecule has 3 heterocycles. The van der Waals surface area contributed by atoms with Crippen molar-refractivity contribution in [3.05, 3.63) is 35.3 Å². The number of aromatic nitrogens is 1. The lowest BCUT2D eigenvalue weighted by Crippen LogP contribution is -2.38. The standard InChI is InChI=1S/C21H29N5OS/c1-17-16-28-21(22-17)26-12-6-11-25(13-14-26)20(27)23-18-7-5-8-19(15-18)24-9-3-2-4-10-24/h5,7-8,15-16H,2-4,6,9-14H2,1H3,(H,23,27). The fourth-order valence-electron chi connectivity index (χ4n) is 3.93. The van der Waals surface area contributed by atoms with E-state index in [4.69, 9.17) is 0 Å². The number of nitrogens with zero attached hydrogens (tertiary/aromatic N) is 4. The topological polar surface area (TPSA) is 51.7 Å². The van der Waals surface area contributed by atoms with Gasteiger partial charge < -0.3 is 20.0 Å². The third-order valence-electron chi connectivity index (χ3n) is 5.48. The zero-order chi connectivity index (χ0) is 19.3. The first-order chi connectivity index (χ1) is 13.7. The summed E-state index contributed by atoms with van der Waals surface area (Å²) < 4.78 is 0. The van der Waals surface area contributed by atoms with E-state index in [0.29, 0.717) is 0 Å². The number of hydrogen-bond acceptors (Lipinski definition) is 5. The smallest absolute Gasteiger partial charge is 0.321 e. The molecule has 28 heavy (non-hydrogen) atoms. The highest BCUT2D eigenvalue weighted by Gasteiger charge is 2.21. The van der Waals surface area contributed by atoms with Crippen molar-refractivity contribution in [1.82, 2.24) is 9.88 Å². The molecule has 1 N–H and O–H groups in total. The fraction of sp³-hybridized carbons (Fsp3) is 0.524. The van der Waals surface area contributed by atoms with Gasteiger partial charge >= 0.3 is 6.03 Å². The van der Waals surface area contributed by atoms with Gasteiger partial charge in [0.15, 0.2) is 5.13 Å². The monoisotopic (exact) mass is 399 g/mol. The van der Waals surface area contributed by atoms with Crippen molar-refractivity contribution in [3.63, 3.8) is 0 Å². The molecule has 150 valence electrons. The molecule has 0 atom stereocenters. The number of nitrogens with one attached hydrogen (secondary N) is 1. The molecule has 0 bridgehead atoms. The highest BCUT2D eigenvalue weighted by molar-refractivity contribution is 7.13. The first kappa shape index (κ1) is 19.1. The maximum absolute atomic E-state index is 12.8. The zero-order valence-electron chi connectivity index (χ0n) is 16.6. The number of piperidine rings is 1. The van der Waals surface area contributed by atoms with Crippen molar-refractivity contribution in [2.24, 2.45) is 0 Å². The third kappa shape index (κ3) is 4.58. The molecular formula is C21H29N5OS. The number of carbonyl (C=O) groups excluding carboxylic acids is 1. The Labute approximate surface area is 171 Å². The van der Waals surface area contributed by atoms with Gasteiger partial charge in [-0.15, -0.1) is 11.3 Å². The summed E-state index contributed by atoms with van der Waals surface area (Å²) in [5.41, 5.74) is 3.15. The number of urea groups is 1. The van der Waals surface area contributed by atoms with E-state index in [1.54, 1.807) is 11.3 Å². The summed E-state index contributed by atoms with van der Waals surface area (Å²) in [7, 11) is 0. The Balaban J connectivity index is 1.36. The molecule has 0 unspecified atom stereocenters. The molecule has 1 aromatic heterocycles. The molecule has 0 radical (unpaired) electrons. The average Bonchev–Trinajstić information content (AvgIpc) is 3.00. The molecule has 2 saturated heterocycles. The molecule has 2 aromatic rings. The number of carbonyl (C=O) groups is 1. The fourth-order valence-corrected chi connectivity index (χ4v) is 4.79. The van der Waals surface area contributed by atoms with E-state index in [2.05, 4.69) is 37.6 Å². The molecule has 1 aromatic carbocycles. The maximum atomic E-state index is 12.8. The van der Waals surface area contributed by atoms with Crippen LogP contribution in [0.3, 0.4) is 0 Å². The van der Waals surface area contributed by atoms with Crippen LogP contribution in [0.2, 0.25) is 0 Å². The first-order valence-electron chi connectivity index (χ1n) is 10.3. The Kier molecular flexibility index (Phi) is 6.00. The molecular weight excluding hydrogens is 370 g/mol. The number of aryl methyl sites for hydroxylation is 1. The number of hydrogen-bond donors (Lipinski definition) is 1. The summed E-state index contributed by atoms with van der Waals surface area (Å²) in [6.07, 6.45) is 4.78. The highest BCUT2D eigenvalue weighted by Crippen LogP contribution is 2.24. The minimum atomic E-state index is -0.00652. The van der Waals surface area contributed by atoms with Gasteiger partial charge in [-0.3, -0.25) is 0 Å². The summed E-state index contributed by atoms with van der Waals surface area (Å²) in [6, 6.07) is 8.25. The molecule has 0 saturated carbocycles. The normalized spacial score (nSPS) is 18.1. The number of anilines is 3.